The minimum Gasteiger partial charge on any atom is -0.466 e. The number of benzene rings is 1. The molecule has 0 amide bonds. The molecule has 7 nitrogen and oxygen atoms in total. The van der Waals surface area contributed by atoms with Gasteiger partial charge in [0, 0.05) is 12.1 Å². The van der Waals surface area contributed by atoms with Crippen LogP contribution in [0, 0.1) is 10.1 Å². The zero-order chi connectivity index (χ0) is 13.1. The number of ether oxygens (including phenoxy) is 1. The van der Waals surface area contributed by atoms with Crippen LogP contribution in [0.3, 0.4) is 0 Å². The fraction of sp³-hybridized carbons (Fsp3) is 0.273. The molecular weight excluding hydrogens is 238 g/mol. The predicted molar refractivity (Wildman–Crippen MR) is 63.1 cm³/mol. The second kappa shape index (κ2) is 4.82. The van der Waals surface area contributed by atoms with Gasteiger partial charge < -0.3 is 9.72 Å². The number of nitrogens with one attached hydrogen (secondary N) is 1. The van der Waals surface area contributed by atoms with Crippen LogP contribution in [-0.4, -0.2) is 27.5 Å². The number of rotatable bonds is 4. The Morgan fingerprint density at radius 2 is 2.33 bits per heavy atom. The van der Waals surface area contributed by atoms with Gasteiger partial charge in [0.2, 0.25) is 0 Å². The SMILES string of the molecule is CCOC(=O)Cc1nc2ccc([N+](=O)[O-])cc2[nH]1. The predicted octanol–water partition coefficient (Wildman–Crippen LogP) is 1.58. The van der Waals surface area contributed by atoms with Gasteiger partial charge in [0.25, 0.3) is 5.69 Å². The first-order valence-corrected chi connectivity index (χ1v) is 5.39. The van der Waals surface area contributed by atoms with E-state index in [1.54, 1.807) is 13.0 Å². The third-order valence-electron chi connectivity index (χ3n) is 2.34. The van der Waals surface area contributed by atoms with Gasteiger partial charge in [-0.15, -0.1) is 0 Å². The number of H-pyrrole nitrogens is 1. The number of nitro benzene ring substituents is 1. The summed E-state index contributed by atoms with van der Waals surface area (Å²) >= 11 is 0. The number of imidazole rings is 1. The number of aromatic amines is 1. The monoisotopic (exact) mass is 249 g/mol. The number of esters is 1. The van der Waals surface area contributed by atoms with Crippen molar-refractivity contribution in [1.82, 2.24) is 9.97 Å². The Hall–Kier alpha value is -2.44. The number of aromatic nitrogens is 2. The summed E-state index contributed by atoms with van der Waals surface area (Å²) < 4.78 is 4.80. The molecule has 18 heavy (non-hydrogen) atoms. The molecule has 2 rings (SSSR count). The molecule has 0 unspecified atom stereocenters. The molecule has 0 atom stereocenters. The van der Waals surface area contributed by atoms with Crippen LogP contribution in [0.25, 0.3) is 11.0 Å². The Kier molecular flexibility index (Phi) is 3.22. The smallest absolute Gasteiger partial charge is 0.313 e. The van der Waals surface area contributed by atoms with Crippen LogP contribution in [0.2, 0.25) is 0 Å². The molecule has 2 aromatic rings. The number of hydrogen-bond donors (Lipinski definition) is 1. The Labute approximate surface area is 102 Å². The molecule has 0 saturated heterocycles. The van der Waals surface area contributed by atoms with Crippen molar-refractivity contribution in [3.05, 3.63) is 34.1 Å². The van der Waals surface area contributed by atoms with E-state index in [1.165, 1.54) is 12.1 Å². The van der Waals surface area contributed by atoms with Gasteiger partial charge in [0.15, 0.2) is 0 Å². The van der Waals surface area contributed by atoms with E-state index in [4.69, 9.17) is 4.74 Å². The van der Waals surface area contributed by atoms with Crippen molar-refractivity contribution in [3.63, 3.8) is 0 Å². The molecule has 0 aliphatic heterocycles. The van der Waals surface area contributed by atoms with Gasteiger partial charge in [-0.25, -0.2) is 4.98 Å². The van der Waals surface area contributed by atoms with Crippen LogP contribution >= 0.6 is 0 Å². The van der Waals surface area contributed by atoms with Crippen molar-refractivity contribution in [2.75, 3.05) is 6.61 Å². The molecule has 0 bridgehead atoms. The van der Waals surface area contributed by atoms with E-state index in [1.807, 2.05) is 0 Å². The van der Waals surface area contributed by atoms with Gasteiger partial charge in [-0.1, -0.05) is 0 Å². The summed E-state index contributed by atoms with van der Waals surface area (Å²) in [6.07, 6.45) is 0.0241. The van der Waals surface area contributed by atoms with E-state index >= 15 is 0 Å². The highest BCUT2D eigenvalue weighted by atomic mass is 16.6. The maximum atomic E-state index is 11.3. The van der Waals surface area contributed by atoms with Crippen molar-refractivity contribution in [2.24, 2.45) is 0 Å². The largest absolute Gasteiger partial charge is 0.466 e. The standard InChI is InChI=1S/C11H11N3O4/c1-2-18-11(15)6-10-12-8-4-3-7(14(16)17)5-9(8)13-10/h3-5H,2,6H2,1H3,(H,12,13). The Morgan fingerprint density at radius 3 is 3.00 bits per heavy atom. The normalized spacial score (nSPS) is 10.5. The minimum atomic E-state index is -0.481. The maximum Gasteiger partial charge on any atom is 0.313 e. The highest BCUT2D eigenvalue weighted by Gasteiger charge is 2.12. The van der Waals surface area contributed by atoms with Crippen molar-refractivity contribution >= 4 is 22.7 Å². The van der Waals surface area contributed by atoms with E-state index < -0.39 is 4.92 Å². The molecule has 1 N–H and O–H groups in total. The number of fused-ring (bicyclic) bond motifs is 1. The summed E-state index contributed by atoms with van der Waals surface area (Å²) in [5.41, 5.74) is 1.09. The lowest BCUT2D eigenvalue weighted by molar-refractivity contribution is -0.384. The molecule has 1 aromatic carbocycles. The van der Waals surface area contributed by atoms with E-state index in [0.717, 1.165) is 0 Å². The lowest BCUT2D eigenvalue weighted by Gasteiger charge is -1.97. The van der Waals surface area contributed by atoms with E-state index in [9.17, 15) is 14.9 Å². The molecule has 0 spiro atoms. The van der Waals surface area contributed by atoms with Crippen LogP contribution in [-0.2, 0) is 16.0 Å². The summed E-state index contributed by atoms with van der Waals surface area (Å²) in [6.45, 7) is 2.03. The highest BCUT2D eigenvalue weighted by molar-refractivity contribution is 5.79. The summed E-state index contributed by atoms with van der Waals surface area (Å²) in [5.74, 6) is 0.0509. The maximum absolute atomic E-state index is 11.3. The summed E-state index contributed by atoms with van der Waals surface area (Å²) in [5, 5.41) is 10.6. The zero-order valence-electron chi connectivity index (χ0n) is 9.67. The summed E-state index contributed by atoms with van der Waals surface area (Å²) in [6, 6.07) is 4.30. The first-order valence-electron chi connectivity index (χ1n) is 5.39. The minimum absolute atomic E-state index is 0.0196. The van der Waals surface area contributed by atoms with Gasteiger partial charge in [-0.3, -0.25) is 14.9 Å². The van der Waals surface area contributed by atoms with Gasteiger partial charge in [0.05, 0.1) is 22.6 Å². The lowest BCUT2D eigenvalue weighted by Crippen LogP contribution is -2.08. The van der Waals surface area contributed by atoms with Crippen molar-refractivity contribution in [3.8, 4) is 0 Å². The Balaban J connectivity index is 2.27. The van der Waals surface area contributed by atoms with E-state index in [0.29, 0.717) is 23.5 Å². The Bertz CT molecular complexity index is 605. The number of hydrogen-bond acceptors (Lipinski definition) is 5. The quantitative estimate of drug-likeness (QED) is 0.504. The third-order valence-corrected chi connectivity index (χ3v) is 2.34. The molecule has 7 heteroatoms. The third kappa shape index (κ3) is 2.45. The summed E-state index contributed by atoms with van der Waals surface area (Å²) in [7, 11) is 0. The van der Waals surface area contributed by atoms with Crippen molar-refractivity contribution in [1.29, 1.82) is 0 Å². The van der Waals surface area contributed by atoms with Crippen molar-refractivity contribution < 1.29 is 14.5 Å². The molecule has 1 heterocycles. The van der Waals surface area contributed by atoms with Gasteiger partial charge in [-0.2, -0.15) is 0 Å². The fourth-order valence-corrected chi connectivity index (χ4v) is 1.60. The fourth-order valence-electron chi connectivity index (χ4n) is 1.60. The second-order valence-corrected chi connectivity index (χ2v) is 3.62. The molecule has 0 aliphatic carbocycles. The Morgan fingerprint density at radius 1 is 1.56 bits per heavy atom. The molecule has 0 fully saturated rings. The number of nitrogens with zero attached hydrogens (tertiary/aromatic N) is 2. The average Bonchev–Trinajstić information content (AvgIpc) is 2.69. The topological polar surface area (TPSA) is 98.1 Å². The van der Waals surface area contributed by atoms with Crippen LogP contribution in [0.15, 0.2) is 18.2 Å². The van der Waals surface area contributed by atoms with Crippen LogP contribution < -0.4 is 0 Å². The number of carbonyl (C=O) groups excluding carboxylic acids is 1. The van der Waals surface area contributed by atoms with Gasteiger partial charge in [-0.05, 0) is 13.0 Å². The van der Waals surface area contributed by atoms with Crippen molar-refractivity contribution in [2.45, 2.75) is 13.3 Å². The average molecular weight is 249 g/mol. The molecular formula is C11H11N3O4. The first-order chi connectivity index (χ1) is 8.60. The van der Waals surface area contributed by atoms with Gasteiger partial charge >= 0.3 is 5.97 Å². The molecule has 1 aromatic heterocycles. The van der Waals surface area contributed by atoms with Crippen LogP contribution in [0.4, 0.5) is 5.69 Å². The molecule has 94 valence electrons. The van der Waals surface area contributed by atoms with Gasteiger partial charge in [0.1, 0.15) is 12.2 Å². The number of non-ortho nitro benzene ring substituents is 1. The lowest BCUT2D eigenvalue weighted by atomic mass is 10.3. The van der Waals surface area contributed by atoms with E-state index in [2.05, 4.69) is 9.97 Å². The first kappa shape index (κ1) is 12.0. The van der Waals surface area contributed by atoms with Crippen LogP contribution in [0.5, 0.6) is 0 Å². The number of carbonyl (C=O) groups is 1. The summed E-state index contributed by atoms with van der Waals surface area (Å²) in [4.78, 5) is 28.4. The second-order valence-electron chi connectivity index (χ2n) is 3.62. The highest BCUT2D eigenvalue weighted by Crippen LogP contribution is 2.19. The molecule has 0 radical (unpaired) electrons. The van der Waals surface area contributed by atoms with Crippen LogP contribution in [0.1, 0.15) is 12.7 Å². The molecule has 0 saturated carbocycles. The number of nitro groups is 1. The zero-order valence-corrected chi connectivity index (χ0v) is 9.67. The van der Waals surface area contributed by atoms with E-state index in [-0.39, 0.29) is 18.1 Å². The molecule has 0 aliphatic rings.